The van der Waals surface area contributed by atoms with Crippen LogP contribution in [0.5, 0.6) is 0 Å². The maximum Gasteiger partial charge on any atom is 0.119 e. The standard InChI is InChI=1S/C16H26BrFO/c1-4-14(17)9-10-15(13(3)19-5-2)16(18)11-7-6-8-12-16/h4,9-10,13,15H,5-8,11-12H2,1-3H3/b10-9-,14-4+/t13-,15?/m0/s1. The summed E-state index contributed by atoms with van der Waals surface area (Å²) in [5.74, 6) is -0.166. The Morgan fingerprint density at radius 3 is 2.53 bits per heavy atom. The highest BCUT2D eigenvalue weighted by Gasteiger charge is 2.41. The number of rotatable bonds is 6. The normalized spacial score (nSPS) is 23.5. The van der Waals surface area contributed by atoms with Crippen molar-refractivity contribution in [1.29, 1.82) is 0 Å². The first kappa shape index (κ1) is 16.9. The summed E-state index contributed by atoms with van der Waals surface area (Å²) in [5.41, 5.74) is -1.11. The molecule has 0 aromatic rings. The van der Waals surface area contributed by atoms with Crippen LogP contribution in [0.25, 0.3) is 0 Å². The van der Waals surface area contributed by atoms with Gasteiger partial charge in [-0.3, -0.25) is 0 Å². The Labute approximate surface area is 125 Å². The predicted octanol–water partition coefficient (Wildman–Crippen LogP) is 5.55. The van der Waals surface area contributed by atoms with E-state index in [2.05, 4.69) is 15.9 Å². The molecule has 0 radical (unpaired) electrons. The van der Waals surface area contributed by atoms with Gasteiger partial charge in [-0.15, -0.1) is 0 Å². The highest BCUT2D eigenvalue weighted by molar-refractivity contribution is 9.11. The second-order valence-electron chi connectivity index (χ2n) is 5.31. The molecule has 1 rings (SSSR count). The van der Waals surface area contributed by atoms with Crippen molar-refractivity contribution in [3.63, 3.8) is 0 Å². The summed E-state index contributed by atoms with van der Waals surface area (Å²) in [6.07, 6.45) is 10.3. The average molecular weight is 333 g/mol. The first-order valence-electron chi connectivity index (χ1n) is 7.34. The number of allylic oxidation sites excluding steroid dienone is 3. The molecule has 1 aliphatic rings. The van der Waals surface area contributed by atoms with Gasteiger partial charge in [-0.1, -0.05) is 53.4 Å². The molecule has 0 aromatic heterocycles. The average Bonchev–Trinajstić information content (AvgIpc) is 2.39. The minimum atomic E-state index is -1.11. The van der Waals surface area contributed by atoms with E-state index in [1.165, 1.54) is 0 Å². The molecule has 19 heavy (non-hydrogen) atoms. The van der Waals surface area contributed by atoms with Crippen molar-refractivity contribution < 1.29 is 9.13 Å². The van der Waals surface area contributed by atoms with E-state index in [-0.39, 0.29) is 12.0 Å². The molecular formula is C16H26BrFO. The van der Waals surface area contributed by atoms with Crippen LogP contribution in [0.3, 0.4) is 0 Å². The Kier molecular flexibility index (Phi) is 7.30. The first-order chi connectivity index (χ1) is 9.03. The summed E-state index contributed by atoms with van der Waals surface area (Å²) in [5, 5.41) is 0. The van der Waals surface area contributed by atoms with Crippen molar-refractivity contribution >= 4 is 15.9 Å². The summed E-state index contributed by atoms with van der Waals surface area (Å²) < 4.78 is 21.8. The molecule has 1 saturated carbocycles. The van der Waals surface area contributed by atoms with Crippen molar-refractivity contribution in [2.45, 2.75) is 64.6 Å². The minimum absolute atomic E-state index is 0.0819. The van der Waals surface area contributed by atoms with Gasteiger partial charge in [-0.25, -0.2) is 4.39 Å². The Bertz CT molecular complexity index is 319. The smallest absolute Gasteiger partial charge is 0.119 e. The molecule has 2 atom stereocenters. The fourth-order valence-electron chi connectivity index (χ4n) is 2.88. The molecule has 0 aromatic carbocycles. The van der Waals surface area contributed by atoms with Crippen LogP contribution in [0, 0.1) is 5.92 Å². The quantitative estimate of drug-likeness (QED) is 0.579. The van der Waals surface area contributed by atoms with Gasteiger partial charge in [0.1, 0.15) is 5.67 Å². The largest absolute Gasteiger partial charge is 0.378 e. The molecule has 1 fully saturated rings. The zero-order valence-electron chi connectivity index (χ0n) is 12.3. The van der Waals surface area contributed by atoms with Crippen LogP contribution in [-0.4, -0.2) is 18.4 Å². The maximum absolute atomic E-state index is 15.2. The highest BCUT2D eigenvalue weighted by Crippen LogP contribution is 2.41. The van der Waals surface area contributed by atoms with E-state index in [9.17, 15) is 0 Å². The third-order valence-corrected chi connectivity index (χ3v) is 4.68. The van der Waals surface area contributed by atoms with Gasteiger partial charge in [-0.05, 0) is 33.6 Å². The lowest BCUT2D eigenvalue weighted by molar-refractivity contribution is -0.0366. The molecule has 0 aliphatic heterocycles. The fourth-order valence-corrected chi connectivity index (χ4v) is 3.03. The molecule has 0 bridgehead atoms. The van der Waals surface area contributed by atoms with E-state index < -0.39 is 5.67 Å². The molecule has 0 N–H and O–H groups in total. The van der Waals surface area contributed by atoms with Gasteiger partial charge in [-0.2, -0.15) is 0 Å². The van der Waals surface area contributed by atoms with Gasteiger partial charge < -0.3 is 4.74 Å². The summed E-state index contributed by atoms with van der Waals surface area (Å²) in [4.78, 5) is 0. The molecule has 0 saturated heterocycles. The molecule has 1 nitrogen and oxygen atoms in total. The summed E-state index contributed by atoms with van der Waals surface area (Å²) >= 11 is 3.45. The van der Waals surface area contributed by atoms with Crippen molar-refractivity contribution in [3.8, 4) is 0 Å². The van der Waals surface area contributed by atoms with Crippen LogP contribution in [0.2, 0.25) is 0 Å². The van der Waals surface area contributed by atoms with Gasteiger partial charge in [0, 0.05) is 17.0 Å². The number of hydrogen-bond acceptors (Lipinski definition) is 1. The summed E-state index contributed by atoms with van der Waals surface area (Å²) in [6.45, 7) is 6.54. The monoisotopic (exact) mass is 332 g/mol. The Balaban J connectivity index is 2.87. The Hall–Kier alpha value is -0.150. The first-order valence-corrected chi connectivity index (χ1v) is 8.13. The lowest BCUT2D eigenvalue weighted by Gasteiger charge is -2.38. The fraction of sp³-hybridized carbons (Fsp3) is 0.750. The second kappa shape index (κ2) is 8.21. The molecule has 1 aliphatic carbocycles. The van der Waals surface area contributed by atoms with E-state index in [4.69, 9.17) is 4.74 Å². The van der Waals surface area contributed by atoms with Crippen molar-refractivity contribution in [2.75, 3.05) is 6.61 Å². The Morgan fingerprint density at radius 1 is 1.37 bits per heavy atom. The highest BCUT2D eigenvalue weighted by atomic mass is 79.9. The number of halogens is 2. The summed E-state index contributed by atoms with van der Waals surface area (Å²) in [7, 11) is 0. The van der Waals surface area contributed by atoms with E-state index in [0.717, 1.165) is 23.7 Å². The van der Waals surface area contributed by atoms with Crippen LogP contribution >= 0.6 is 15.9 Å². The van der Waals surface area contributed by atoms with Crippen molar-refractivity contribution in [1.82, 2.24) is 0 Å². The van der Waals surface area contributed by atoms with Crippen LogP contribution in [0.15, 0.2) is 22.7 Å². The molecule has 1 unspecified atom stereocenters. The Morgan fingerprint density at radius 2 is 2.00 bits per heavy atom. The zero-order valence-corrected chi connectivity index (χ0v) is 13.9. The molecule has 110 valence electrons. The number of alkyl halides is 1. The van der Waals surface area contributed by atoms with Gasteiger partial charge in [0.2, 0.25) is 0 Å². The van der Waals surface area contributed by atoms with E-state index in [1.54, 1.807) is 0 Å². The van der Waals surface area contributed by atoms with Crippen molar-refractivity contribution in [2.24, 2.45) is 5.92 Å². The van der Waals surface area contributed by atoms with Crippen LogP contribution < -0.4 is 0 Å². The lowest BCUT2D eigenvalue weighted by Crippen LogP contribution is -2.41. The third kappa shape index (κ3) is 5.03. The zero-order chi connectivity index (χ0) is 14.3. The van der Waals surface area contributed by atoms with Crippen LogP contribution in [-0.2, 0) is 4.74 Å². The van der Waals surface area contributed by atoms with E-state index >= 15 is 4.39 Å². The van der Waals surface area contributed by atoms with Gasteiger partial charge in [0.25, 0.3) is 0 Å². The molecule has 0 amide bonds. The molecular weight excluding hydrogens is 307 g/mol. The summed E-state index contributed by atoms with van der Waals surface area (Å²) in [6, 6.07) is 0. The van der Waals surface area contributed by atoms with E-state index in [0.29, 0.717) is 19.4 Å². The minimum Gasteiger partial charge on any atom is -0.378 e. The molecule has 3 heteroatoms. The molecule has 0 spiro atoms. The SMILES string of the molecule is C/C=C(Br)\C=C/C([C@H](C)OCC)C1(F)CCCCC1. The lowest BCUT2D eigenvalue weighted by atomic mass is 9.75. The number of hydrogen-bond donors (Lipinski definition) is 0. The third-order valence-electron chi connectivity index (χ3n) is 3.96. The van der Waals surface area contributed by atoms with Gasteiger partial charge in [0.15, 0.2) is 0 Å². The topological polar surface area (TPSA) is 9.23 Å². The number of ether oxygens (including phenoxy) is 1. The van der Waals surface area contributed by atoms with Gasteiger partial charge >= 0.3 is 0 Å². The predicted molar refractivity (Wildman–Crippen MR) is 83.3 cm³/mol. The molecule has 0 heterocycles. The van der Waals surface area contributed by atoms with Crippen molar-refractivity contribution in [3.05, 3.63) is 22.7 Å². The van der Waals surface area contributed by atoms with Crippen LogP contribution in [0.4, 0.5) is 4.39 Å². The van der Waals surface area contributed by atoms with E-state index in [1.807, 2.05) is 39.0 Å². The maximum atomic E-state index is 15.2. The van der Waals surface area contributed by atoms with Crippen LogP contribution in [0.1, 0.15) is 52.9 Å². The van der Waals surface area contributed by atoms with Gasteiger partial charge in [0.05, 0.1) is 6.10 Å². The second-order valence-corrected chi connectivity index (χ2v) is 6.23.